The highest BCUT2D eigenvalue weighted by Crippen LogP contribution is 2.50. The van der Waals surface area contributed by atoms with E-state index in [0.29, 0.717) is 0 Å². The lowest BCUT2D eigenvalue weighted by molar-refractivity contribution is 1.23. The minimum absolute atomic E-state index is 0.724. The number of aromatic nitrogens is 1. The average molecular weight is 660 g/mol. The van der Waals surface area contributed by atoms with Crippen molar-refractivity contribution in [1.29, 1.82) is 0 Å². The number of hydrogen-bond donors (Lipinski definition) is 0. The van der Waals surface area contributed by atoms with E-state index in [2.05, 4.69) is 148 Å². The van der Waals surface area contributed by atoms with Crippen LogP contribution < -0.4 is 9.80 Å². The van der Waals surface area contributed by atoms with Gasteiger partial charge < -0.3 is 9.80 Å². The second kappa shape index (κ2) is 11.6. The monoisotopic (exact) mass is 659 g/mol. The van der Waals surface area contributed by atoms with E-state index in [1.165, 1.54) is 40.3 Å². The Morgan fingerprint density at radius 2 is 1.11 bits per heavy atom. The van der Waals surface area contributed by atoms with Gasteiger partial charge in [-0.25, -0.2) is 0 Å². The van der Waals surface area contributed by atoms with E-state index in [-0.39, 0.29) is 0 Å². The van der Waals surface area contributed by atoms with Crippen LogP contribution in [0, 0.1) is 0 Å². The van der Waals surface area contributed by atoms with Gasteiger partial charge in [-0.3, -0.25) is 4.98 Å². The van der Waals surface area contributed by atoms with Gasteiger partial charge in [0, 0.05) is 59.2 Å². The molecular weight excluding hydrogens is 634 g/mol. The number of thiophene rings is 2. The van der Waals surface area contributed by atoms with Crippen LogP contribution in [-0.4, -0.2) is 4.98 Å². The van der Waals surface area contributed by atoms with Crippen molar-refractivity contribution < 1.29 is 0 Å². The van der Waals surface area contributed by atoms with Crippen molar-refractivity contribution in [3.63, 3.8) is 0 Å². The van der Waals surface area contributed by atoms with Crippen LogP contribution in [0.2, 0.25) is 5.02 Å². The van der Waals surface area contributed by atoms with Gasteiger partial charge in [0.1, 0.15) is 0 Å². The minimum atomic E-state index is 0.724. The SMILES string of the molecule is Clc1cc(N(c2ccccc2)c2cccc3c2sc2ccc(N(c4ccccc4)c4cccnc4)cc23)c2sc3ccccc3c2c1. The number of rotatable bonds is 6. The van der Waals surface area contributed by atoms with E-state index in [0.717, 1.165) is 39.1 Å². The van der Waals surface area contributed by atoms with E-state index < -0.39 is 0 Å². The van der Waals surface area contributed by atoms with Gasteiger partial charge in [0.05, 0.1) is 32.7 Å². The molecule has 0 aliphatic rings. The summed E-state index contributed by atoms with van der Waals surface area (Å²) in [6.45, 7) is 0. The predicted molar refractivity (Wildman–Crippen MR) is 204 cm³/mol. The first-order valence-corrected chi connectivity index (χ1v) is 17.4. The topological polar surface area (TPSA) is 19.4 Å². The third-order valence-corrected chi connectivity index (χ3v) is 11.2. The molecule has 3 aromatic heterocycles. The number of halogens is 1. The Morgan fingerprint density at radius 3 is 1.87 bits per heavy atom. The van der Waals surface area contributed by atoms with Crippen LogP contribution >= 0.6 is 34.3 Å². The van der Waals surface area contributed by atoms with Gasteiger partial charge in [-0.15, -0.1) is 22.7 Å². The molecule has 0 N–H and O–H groups in total. The smallest absolute Gasteiger partial charge is 0.0655 e. The number of pyridine rings is 1. The van der Waals surface area contributed by atoms with Crippen LogP contribution in [-0.2, 0) is 0 Å². The maximum absolute atomic E-state index is 6.90. The van der Waals surface area contributed by atoms with Gasteiger partial charge in [0.15, 0.2) is 0 Å². The molecule has 224 valence electrons. The van der Waals surface area contributed by atoms with Crippen molar-refractivity contribution in [1.82, 2.24) is 4.98 Å². The third-order valence-electron chi connectivity index (χ3n) is 8.56. The van der Waals surface area contributed by atoms with Gasteiger partial charge in [-0.1, -0.05) is 78.3 Å². The summed E-state index contributed by atoms with van der Waals surface area (Å²) in [5, 5.41) is 5.58. The lowest BCUT2D eigenvalue weighted by atomic mass is 10.1. The zero-order chi connectivity index (χ0) is 31.3. The van der Waals surface area contributed by atoms with Crippen molar-refractivity contribution in [3.05, 3.63) is 163 Å². The molecule has 0 unspecified atom stereocenters. The fraction of sp³-hybridized carbons (Fsp3) is 0. The van der Waals surface area contributed by atoms with E-state index in [4.69, 9.17) is 11.6 Å². The number of fused-ring (bicyclic) bond motifs is 6. The average Bonchev–Trinajstić information content (AvgIpc) is 3.69. The molecule has 0 radical (unpaired) electrons. The Bertz CT molecular complexity index is 2500. The first-order valence-electron chi connectivity index (χ1n) is 15.4. The maximum Gasteiger partial charge on any atom is 0.0655 e. The normalized spacial score (nSPS) is 11.5. The van der Waals surface area contributed by atoms with Gasteiger partial charge in [0.25, 0.3) is 0 Å². The molecule has 6 aromatic carbocycles. The highest BCUT2D eigenvalue weighted by atomic mass is 35.5. The molecule has 3 heterocycles. The van der Waals surface area contributed by atoms with Crippen LogP contribution in [0.25, 0.3) is 40.3 Å². The summed E-state index contributed by atoms with van der Waals surface area (Å²) in [6.07, 6.45) is 3.73. The third kappa shape index (κ3) is 4.83. The Kier molecular flexibility index (Phi) is 6.90. The highest BCUT2D eigenvalue weighted by Gasteiger charge is 2.23. The molecule has 0 atom stereocenters. The summed E-state index contributed by atoms with van der Waals surface area (Å²) in [7, 11) is 0. The Balaban J connectivity index is 1.28. The molecule has 0 saturated heterocycles. The molecule has 47 heavy (non-hydrogen) atoms. The van der Waals surface area contributed by atoms with Crippen LogP contribution in [0.15, 0.2) is 158 Å². The Morgan fingerprint density at radius 1 is 0.447 bits per heavy atom. The van der Waals surface area contributed by atoms with Crippen LogP contribution in [0.4, 0.5) is 34.1 Å². The molecule has 0 aliphatic heterocycles. The van der Waals surface area contributed by atoms with Crippen molar-refractivity contribution in [2.24, 2.45) is 0 Å². The number of nitrogens with zero attached hydrogens (tertiary/aromatic N) is 3. The number of para-hydroxylation sites is 2. The molecular formula is C41H26ClN3S2. The summed E-state index contributed by atoms with van der Waals surface area (Å²) >= 11 is 10.6. The number of hydrogen-bond acceptors (Lipinski definition) is 5. The van der Waals surface area contributed by atoms with Crippen LogP contribution in [0.5, 0.6) is 0 Å². The summed E-state index contributed by atoms with van der Waals surface area (Å²) in [4.78, 5) is 9.08. The van der Waals surface area contributed by atoms with E-state index in [1.807, 2.05) is 47.2 Å². The fourth-order valence-electron chi connectivity index (χ4n) is 6.52. The van der Waals surface area contributed by atoms with Gasteiger partial charge in [-0.2, -0.15) is 0 Å². The molecule has 0 spiro atoms. The zero-order valence-electron chi connectivity index (χ0n) is 25.0. The second-order valence-corrected chi connectivity index (χ2v) is 13.9. The molecule has 3 nitrogen and oxygen atoms in total. The molecule has 0 aliphatic carbocycles. The largest absolute Gasteiger partial charge is 0.309 e. The molecule has 6 heteroatoms. The standard InChI is InChI=1S/C41H26ClN3S2/c42-27-23-35-32-16-7-8-19-38(32)46-41(35)37(24-27)45(29-13-5-2-6-14-29)36-18-9-17-33-34-25-30(20-21-39(34)47-40(33)36)44(28-11-3-1-4-12-28)31-15-10-22-43-26-31/h1-26H. The van der Waals surface area contributed by atoms with E-state index >= 15 is 0 Å². The number of benzene rings is 6. The maximum atomic E-state index is 6.90. The summed E-state index contributed by atoms with van der Waals surface area (Å²) in [5.74, 6) is 0. The molecule has 9 aromatic rings. The number of anilines is 6. The van der Waals surface area contributed by atoms with Gasteiger partial charge in [0.2, 0.25) is 0 Å². The highest BCUT2D eigenvalue weighted by molar-refractivity contribution is 7.27. The zero-order valence-corrected chi connectivity index (χ0v) is 27.4. The van der Waals surface area contributed by atoms with Gasteiger partial charge >= 0.3 is 0 Å². The fourth-order valence-corrected chi connectivity index (χ4v) is 9.11. The Labute approximate surface area is 285 Å². The molecule has 0 amide bonds. The van der Waals surface area contributed by atoms with Crippen molar-refractivity contribution in [2.45, 2.75) is 0 Å². The van der Waals surface area contributed by atoms with Gasteiger partial charge in [-0.05, 0) is 78.9 Å². The summed E-state index contributed by atoms with van der Waals surface area (Å²) in [5.41, 5.74) is 6.49. The molecule has 0 bridgehead atoms. The molecule has 9 rings (SSSR count). The van der Waals surface area contributed by atoms with Crippen molar-refractivity contribution in [3.8, 4) is 0 Å². The first kappa shape index (κ1) is 28.1. The molecule has 0 fully saturated rings. The summed E-state index contributed by atoms with van der Waals surface area (Å²) < 4.78 is 4.94. The Hall–Kier alpha value is -5.20. The van der Waals surface area contributed by atoms with Crippen molar-refractivity contribution in [2.75, 3.05) is 9.80 Å². The second-order valence-electron chi connectivity index (χ2n) is 11.4. The first-order chi connectivity index (χ1) is 23.2. The lowest BCUT2D eigenvalue weighted by Crippen LogP contribution is -2.10. The van der Waals surface area contributed by atoms with Crippen LogP contribution in [0.3, 0.4) is 0 Å². The minimum Gasteiger partial charge on any atom is -0.309 e. The quantitative estimate of drug-likeness (QED) is 0.177. The van der Waals surface area contributed by atoms with Crippen LogP contribution in [0.1, 0.15) is 0 Å². The van der Waals surface area contributed by atoms with E-state index in [1.54, 1.807) is 0 Å². The molecule has 0 saturated carbocycles. The van der Waals surface area contributed by atoms with E-state index in [9.17, 15) is 0 Å². The van der Waals surface area contributed by atoms with Crippen molar-refractivity contribution >= 4 is 109 Å². The lowest BCUT2D eigenvalue weighted by Gasteiger charge is -2.27. The summed E-state index contributed by atoms with van der Waals surface area (Å²) in [6, 6.07) is 51.4. The predicted octanol–water partition coefficient (Wildman–Crippen LogP) is 13.4.